The average Bonchev–Trinajstić information content (AvgIpc) is 3.33. The third kappa shape index (κ3) is 3.49. The molecule has 2 aliphatic rings. The number of rotatable bonds is 5. The number of nitrogens with one attached hydrogen (secondary N) is 2. The molecular weight excluding hydrogens is 348 g/mol. The fourth-order valence-corrected chi connectivity index (χ4v) is 3.92. The zero-order valence-corrected chi connectivity index (χ0v) is 15.0. The Bertz CT molecular complexity index is 806. The minimum Gasteiger partial charge on any atom is -0.350 e. The highest BCUT2D eigenvalue weighted by Gasteiger charge is 2.40. The van der Waals surface area contributed by atoms with Crippen molar-refractivity contribution in [2.75, 3.05) is 6.54 Å². The maximum atomic E-state index is 12.8. The summed E-state index contributed by atoms with van der Waals surface area (Å²) in [6.07, 6.45) is 4.19. The minimum absolute atomic E-state index is 0.0427. The van der Waals surface area contributed by atoms with Gasteiger partial charge in [-0.15, -0.1) is 11.3 Å². The van der Waals surface area contributed by atoms with E-state index in [0.717, 1.165) is 10.4 Å². The van der Waals surface area contributed by atoms with E-state index in [1.54, 1.807) is 17.5 Å². The lowest BCUT2D eigenvalue weighted by Gasteiger charge is -2.31. The quantitative estimate of drug-likeness (QED) is 0.847. The summed E-state index contributed by atoms with van der Waals surface area (Å²) in [6.45, 7) is 0.538. The number of carbonyl (C=O) groups is 2. The van der Waals surface area contributed by atoms with E-state index in [0.29, 0.717) is 13.0 Å². The first-order valence-electron chi connectivity index (χ1n) is 8.58. The van der Waals surface area contributed by atoms with Gasteiger partial charge in [-0.1, -0.05) is 36.4 Å². The summed E-state index contributed by atoms with van der Waals surface area (Å²) >= 11 is 1.60. The van der Waals surface area contributed by atoms with Gasteiger partial charge in [0.25, 0.3) is 5.91 Å². The van der Waals surface area contributed by atoms with Gasteiger partial charge in [0.15, 0.2) is 0 Å². The van der Waals surface area contributed by atoms with Gasteiger partial charge in [-0.3, -0.25) is 9.59 Å². The number of hydrazine groups is 1. The lowest BCUT2D eigenvalue weighted by Crippen LogP contribution is -2.50. The molecule has 1 aromatic heterocycles. The van der Waals surface area contributed by atoms with E-state index in [1.165, 1.54) is 4.90 Å². The number of carbonyl (C=O) groups excluding carboxylic acids is 2. The van der Waals surface area contributed by atoms with Gasteiger partial charge in [-0.2, -0.15) is 0 Å². The van der Waals surface area contributed by atoms with Crippen LogP contribution in [0.25, 0.3) is 0 Å². The Morgan fingerprint density at radius 3 is 2.81 bits per heavy atom. The molecular formula is C19H20N4O2S. The van der Waals surface area contributed by atoms with E-state index >= 15 is 0 Å². The monoisotopic (exact) mass is 368 g/mol. The fraction of sp³-hybridized carbons (Fsp3) is 0.263. The van der Waals surface area contributed by atoms with Crippen molar-refractivity contribution in [3.05, 3.63) is 70.7 Å². The van der Waals surface area contributed by atoms with Gasteiger partial charge in [0, 0.05) is 17.3 Å². The van der Waals surface area contributed by atoms with Gasteiger partial charge in [-0.25, -0.2) is 5.43 Å². The topological polar surface area (TPSA) is 64.7 Å². The fourth-order valence-electron chi connectivity index (χ4n) is 3.28. The Balaban J connectivity index is 1.35. The lowest BCUT2D eigenvalue weighted by molar-refractivity contribution is -0.138. The van der Waals surface area contributed by atoms with E-state index in [9.17, 15) is 9.59 Å². The van der Waals surface area contributed by atoms with E-state index in [4.69, 9.17) is 0 Å². The van der Waals surface area contributed by atoms with Crippen molar-refractivity contribution in [3.8, 4) is 0 Å². The second-order valence-corrected chi connectivity index (χ2v) is 7.40. The van der Waals surface area contributed by atoms with E-state index in [-0.39, 0.29) is 30.4 Å². The van der Waals surface area contributed by atoms with E-state index in [2.05, 4.69) is 22.9 Å². The molecule has 0 aliphatic carbocycles. The Morgan fingerprint density at radius 1 is 1.19 bits per heavy atom. The van der Waals surface area contributed by atoms with Crippen LogP contribution in [0, 0.1) is 0 Å². The lowest BCUT2D eigenvalue weighted by atomic mass is 10.0. The van der Waals surface area contributed by atoms with Crippen LogP contribution in [0.2, 0.25) is 0 Å². The van der Waals surface area contributed by atoms with E-state index < -0.39 is 0 Å². The summed E-state index contributed by atoms with van der Waals surface area (Å²) in [7, 11) is 0. The van der Waals surface area contributed by atoms with Gasteiger partial charge >= 0.3 is 0 Å². The third-order valence-corrected chi connectivity index (χ3v) is 5.51. The minimum atomic E-state index is -0.282. The number of amides is 2. The molecule has 2 unspecified atom stereocenters. The number of fused-ring (bicyclic) bond motifs is 1. The zero-order valence-electron chi connectivity index (χ0n) is 14.2. The highest BCUT2D eigenvalue weighted by atomic mass is 32.1. The van der Waals surface area contributed by atoms with Crippen LogP contribution in [0.1, 0.15) is 22.9 Å². The molecule has 2 atom stereocenters. The van der Waals surface area contributed by atoms with Crippen LogP contribution in [0.3, 0.4) is 0 Å². The summed E-state index contributed by atoms with van der Waals surface area (Å²) in [4.78, 5) is 27.5. The van der Waals surface area contributed by atoms with Crippen LogP contribution in [0.5, 0.6) is 0 Å². The van der Waals surface area contributed by atoms with Crippen LogP contribution < -0.4 is 10.7 Å². The van der Waals surface area contributed by atoms with Crippen molar-refractivity contribution in [2.24, 2.45) is 0 Å². The smallest absolute Gasteiger partial charge is 0.251 e. The SMILES string of the molecule is O=C(CN1C=CN2NC(c3ccccc3)CC2C1=O)NCc1cccs1. The second-order valence-electron chi connectivity index (χ2n) is 6.37. The maximum Gasteiger partial charge on any atom is 0.251 e. The molecule has 0 saturated carbocycles. The molecule has 0 radical (unpaired) electrons. The second kappa shape index (κ2) is 7.31. The van der Waals surface area contributed by atoms with Crippen LogP contribution >= 0.6 is 11.3 Å². The van der Waals surface area contributed by atoms with Gasteiger partial charge in [-0.05, 0) is 23.4 Å². The summed E-state index contributed by atoms with van der Waals surface area (Å²) < 4.78 is 0. The number of hydrogen-bond donors (Lipinski definition) is 2. The number of thiophene rings is 1. The molecule has 7 heteroatoms. The Labute approximate surface area is 156 Å². The summed E-state index contributed by atoms with van der Waals surface area (Å²) in [5, 5.41) is 6.68. The molecule has 2 N–H and O–H groups in total. The molecule has 2 amide bonds. The molecule has 1 fully saturated rings. The van der Waals surface area contributed by atoms with Crippen LogP contribution in [-0.2, 0) is 16.1 Å². The number of benzene rings is 1. The summed E-state index contributed by atoms with van der Waals surface area (Å²) in [5.41, 5.74) is 4.51. The largest absolute Gasteiger partial charge is 0.350 e. The molecule has 0 spiro atoms. The predicted octanol–water partition coefficient (Wildman–Crippen LogP) is 2.00. The van der Waals surface area contributed by atoms with Gasteiger partial charge < -0.3 is 15.2 Å². The standard InChI is InChI=1S/C19H20N4O2S/c24-18(20-12-15-7-4-10-26-15)13-22-8-9-23-17(19(22)25)11-16(21-23)14-5-2-1-3-6-14/h1-10,16-17,21H,11-13H2,(H,20,24). The number of hydrogen-bond acceptors (Lipinski definition) is 5. The molecule has 134 valence electrons. The van der Waals surface area contributed by atoms with Crippen molar-refractivity contribution in [1.82, 2.24) is 20.7 Å². The highest BCUT2D eigenvalue weighted by molar-refractivity contribution is 7.09. The molecule has 3 heterocycles. The van der Waals surface area contributed by atoms with Crippen molar-refractivity contribution >= 4 is 23.2 Å². The van der Waals surface area contributed by atoms with Crippen LogP contribution in [0.4, 0.5) is 0 Å². The first-order valence-corrected chi connectivity index (χ1v) is 9.46. The normalized spacial score (nSPS) is 21.8. The van der Waals surface area contributed by atoms with Crippen molar-refractivity contribution in [2.45, 2.75) is 25.0 Å². The molecule has 26 heavy (non-hydrogen) atoms. The van der Waals surface area contributed by atoms with Crippen LogP contribution in [-0.4, -0.2) is 34.3 Å². The molecule has 6 nitrogen and oxygen atoms in total. The molecule has 1 aromatic carbocycles. The Kier molecular flexibility index (Phi) is 4.73. The third-order valence-electron chi connectivity index (χ3n) is 4.63. The van der Waals surface area contributed by atoms with Gasteiger partial charge in [0.2, 0.25) is 5.91 Å². The first-order chi connectivity index (χ1) is 12.7. The first kappa shape index (κ1) is 16.8. The molecule has 2 aliphatic heterocycles. The maximum absolute atomic E-state index is 12.8. The molecule has 0 bridgehead atoms. The van der Waals surface area contributed by atoms with Gasteiger partial charge in [0.1, 0.15) is 12.6 Å². The summed E-state index contributed by atoms with van der Waals surface area (Å²) in [5.74, 6) is -0.208. The van der Waals surface area contributed by atoms with Crippen molar-refractivity contribution < 1.29 is 9.59 Å². The highest BCUT2D eigenvalue weighted by Crippen LogP contribution is 2.30. The van der Waals surface area contributed by atoms with Crippen LogP contribution in [0.15, 0.2) is 60.2 Å². The molecule has 1 saturated heterocycles. The predicted molar refractivity (Wildman–Crippen MR) is 99.6 cm³/mol. The Hall–Kier alpha value is -2.64. The van der Waals surface area contributed by atoms with E-state index in [1.807, 2.05) is 46.9 Å². The number of nitrogens with zero attached hydrogens (tertiary/aromatic N) is 2. The molecule has 4 rings (SSSR count). The summed E-state index contributed by atoms with van der Waals surface area (Å²) in [6, 6.07) is 13.8. The average molecular weight is 368 g/mol. The van der Waals surface area contributed by atoms with Gasteiger partial charge in [0.05, 0.1) is 12.6 Å². The van der Waals surface area contributed by atoms with Crippen molar-refractivity contribution in [1.29, 1.82) is 0 Å². The molecule has 2 aromatic rings. The zero-order chi connectivity index (χ0) is 17.9. The Morgan fingerprint density at radius 2 is 2.04 bits per heavy atom. The van der Waals surface area contributed by atoms with Crippen molar-refractivity contribution in [3.63, 3.8) is 0 Å².